The highest BCUT2D eigenvalue weighted by Crippen LogP contribution is 2.35. The van der Waals surface area contributed by atoms with Crippen molar-refractivity contribution < 1.29 is 13.9 Å². The topological polar surface area (TPSA) is 67.6 Å². The molecule has 130 valence electrons. The lowest BCUT2D eigenvalue weighted by Gasteiger charge is -2.42. The summed E-state index contributed by atoms with van der Waals surface area (Å²) in [6.45, 7) is 3.47. The first-order valence-electron chi connectivity index (χ1n) is 8.54. The minimum atomic E-state index is -0.437. The maximum atomic E-state index is 12.6. The zero-order valence-electron chi connectivity index (χ0n) is 14.2. The SMILES string of the molecule is Cc1ocnc1CNC(=O)N1CCCC2(C=Cc3ccccc3O2)C1. The molecule has 1 atom stereocenters. The van der Waals surface area contributed by atoms with Crippen LogP contribution in [-0.4, -0.2) is 34.6 Å². The summed E-state index contributed by atoms with van der Waals surface area (Å²) in [5, 5.41) is 2.92. The van der Waals surface area contributed by atoms with E-state index in [9.17, 15) is 4.79 Å². The van der Waals surface area contributed by atoms with Crippen LogP contribution in [0.3, 0.4) is 0 Å². The fourth-order valence-corrected chi connectivity index (χ4v) is 3.42. The highest BCUT2D eigenvalue weighted by Gasteiger charge is 2.39. The quantitative estimate of drug-likeness (QED) is 0.913. The number of hydrogen-bond donors (Lipinski definition) is 1. The molecule has 1 aromatic heterocycles. The summed E-state index contributed by atoms with van der Waals surface area (Å²) in [7, 11) is 0. The Morgan fingerprint density at radius 1 is 1.40 bits per heavy atom. The number of carbonyl (C=O) groups excluding carboxylic acids is 1. The van der Waals surface area contributed by atoms with Crippen LogP contribution in [0.5, 0.6) is 5.75 Å². The van der Waals surface area contributed by atoms with Crippen LogP contribution in [0.25, 0.3) is 6.08 Å². The van der Waals surface area contributed by atoms with Gasteiger partial charge in [0, 0.05) is 12.1 Å². The molecular weight excluding hydrogens is 318 g/mol. The molecule has 1 fully saturated rings. The fourth-order valence-electron chi connectivity index (χ4n) is 3.42. The lowest BCUT2D eigenvalue weighted by atomic mass is 9.89. The maximum Gasteiger partial charge on any atom is 0.317 e. The lowest BCUT2D eigenvalue weighted by Crippen LogP contribution is -2.55. The van der Waals surface area contributed by atoms with Crippen molar-refractivity contribution in [3.05, 3.63) is 53.8 Å². The van der Waals surface area contributed by atoms with E-state index in [-0.39, 0.29) is 6.03 Å². The molecule has 1 N–H and O–H groups in total. The summed E-state index contributed by atoms with van der Waals surface area (Å²) in [6.07, 6.45) is 7.40. The Bertz CT molecular complexity index is 814. The van der Waals surface area contributed by atoms with Crippen LogP contribution in [0, 0.1) is 6.92 Å². The average Bonchev–Trinajstić information content (AvgIpc) is 3.04. The summed E-state index contributed by atoms with van der Waals surface area (Å²) in [5.41, 5.74) is 1.40. The van der Waals surface area contributed by atoms with Gasteiger partial charge in [-0.1, -0.05) is 24.3 Å². The second kappa shape index (κ2) is 6.27. The van der Waals surface area contributed by atoms with Crippen molar-refractivity contribution >= 4 is 12.1 Å². The molecule has 0 bridgehead atoms. The number of nitrogens with one attached hydrogen (secondary N) is 1. The van der Waals surface area contributed by atoms with Gasteiger partial charge in [0.2, 0.25) is 0 Å². The van der Waals surface area contributed by atoms with Crippen molar-refractivity contribution in [3.8, 4) is 5.75 Å². The van der Waals surface area contributed by atoms with Gasteiger partial charge in [-0.05, 0) is 31.9 Å². The third-order valence-corrected chi connectivity index (χ3v) is 4.82. The Morgan fingerprint density at radius 3 is 3.12 bits per heavy atom. The zero-order chi connectivity index (χ0) is 17.3. The lowest BCUT2D eigenvalue weighted by molar-refractivity contribution is 0.0414. The first-order valence-corrected chi connectivity index (χ1v) is 8.54. The Hall–Kier alpha value is -2.76. The van der Waals surface area contributed by atoms with Crippen molar-refractivity contribution in [2.75, 3.05) is 13.1 Å². The van der Waals surface area contributed by atoms with Crippen molar-refractivity contribution in [2.24, 2.45) is 0 Å². The number of aryl methyl sites for hydroxylation is 1. The number of ether oxygens (including phenoxy) is 1. The molecule has 6 nitrogen and oxygen atoms in total. The first-order chi connectivity index (χ1) is 12.2. The zero-order valence-corrected chi connectivity index (χ0v) is 14.2. The van der Waals surface area contributed by atoms with Gasteiger partial charge in [-0.2, -0.15) is 0 Å². The molecule has 2 aliphatic rings. The van der Waals surface area contributed by atoms with Crippen LogP contribution >= 0.6 is 0 Å². The number of carbonyl (C=O) groups is 1. The second-order valence-corrected chi connectivity index (χ2v) is 6.58. The summed E-state index contributed by atoms with van der Waals surface area (Å²) in [6, 6.07) is 7.88. The predicted molar refractivity (Wildman–Crippen MR) is 93.1 cm³/mol. The van der Waals surface area contributed by atoms with E-state index in [1.54, 1.807) is 0 Å². The van der Waals surface area contributed by atoms with Gasteiger partial charge in [0.25, 0.3) is 0 Å². The number of nitrogens with zero attached hydrogens (tertiary/aromatic N) is 2. The highest BCUT2D eigenvalue weighted by atomic mass is 16.5. The Balaban J connectivity index is 1.43. The van der Waals surface area contributed by atoms with Crippen LogP contribution in [-0.2, 0) is 6.54 Å². The monoisotopic (exact) mass is 339 g/mol. The third kappa shape index (κ3) is 3.12. The number of fused-ring (bicyclic) bond motifs is 1. The molecule has 1 unspecified atom stereocenters. The molecule has 2 amide bonds. The summed E-state index contributed by atoms with van der Waals surface area (Å²) < 4.78 is 11.4. The largest absolute Gasteiger partial charge is 0.481 e. The van der Waals surface area contributed by atoms with Gasteiger partial charge in [-0.15, -0.1) is 0 Å². The molecule has 1 spiro atoms. The summed E-state index contributed by atoms with van der Waals surface area (Å²) >= 11 is 0. The van der Waals surface area contributed by atoms with E-state index in [2.05, 4.69) is 22.5 Å². The van der Waals surface area contributed by atoms with Crippen molar-refractivity contribution in [2.45, 2.75) is 31.9 Å². The number of urea groups is 1. The molecule has 2 aromatic rings. The maximum absolute atomic E-state index is 12.6. The van der Waals surface area contributed by atoms with Crippen molar-refractivity contribution in [1.82, 2.24) is 15.2 Å². The number of rotatable bonds is 2. The van der Waals surface area contributed by atoms with Crippen LogP contribution in [0.1, 0.15) is 29.9 Å². The standard InChI is InChI=1S/C19H21N3O3/c1-14-16(21-13-24-14)11-20-18(23)22-10-4-8-19(12-22)9-7-15-5-2-3-6-17(15)25-19/h2-3,5-7,9,13H,4,8,10-12H2,1H3,(H,20,23). The van der Waals surface area contributed by atoms with E-state index >= 15 is 0 Å². The molecule has 1 saturated heterocycles. The van der Waals surface area contributed by atoms with E-state index in [0.717, 1.165) is 42.2 Å². The van der Waals surface area contributed by atoms with Crippen LogP contribution in [0.4, 0.5) is 4.79 Å². The molecule has 0 aliphatic carbocycles. The van der Waals surface area contributed by atoms with E-state index in [4.69, 9.17) is 9.15 Å². The number of likely N-dealkylation sites (tertiary alicyclic amines) is 1. The van der Waals surface area contributed by atoms with Gasteiger partial charge >= 0.3 is 6.03 Å². The Labute approximate surface area is 146 Å². The third-order valence-electron chi connectivity index (χ3n) is 4.82. The fraction of sp³-hybridized carbons (Fsp3) is 0.368. The molecule has 6 heteroatoms. The summed E-state index contributed by atoms with van der Waals surface area (Å²) in [5.74, 6) is 1.61. The Kier molecular flexibility index (Phi) is 3.95. The van der Waals surface area contributed by atoms with Gasteiger partial charge in [0.05, 0.1) is 13.1 Å². The van der Waals surface area contributed by atoms with Gasteiger partial charge < -0.3 is 19.4 Å². The van der Waals surface area contributed by atoms with Gasteiger partial charge in [-0.25, -0.2) is 9.78 Å². The average molecular weight is 339 g/mol. The minimum Gasteiger partial charge on any atom is -0.481 e. The van der Waals surface area contributed by atoms with E-state index in [1.807, 2.05) is 36.1 Å². The second-order valence-electron chi connectivity index (χ2n) is 6.58. The predicted octanol–water partition coefficient (Wildman–Crippen LogP) is 3.13. The highest BCUT2D eigenvalue weighted by molar-refractivity contribution is 5.74. The molecular formula is C19H21N3O3. The smallest absolute Gasteiger partial charge is 0.317 e. The molecule has 3 heterocycles. The minimum absolute atomic E-state index is 0.0997. The first kappa shape index (κ1) is 15.7. The molecule has 2 aliphatic heterocycles. The molecule has 1 aromatic carbocycles. The van der Waals surface area contributed by atoms with E-state index < -0.39 is 5.60 Å². The number of benzene rings is 1. The number of amides is 2. The molecule has 0 radical (unpaired) electrons. The number of hydrogen-bond acceptors (Lipinski definition) is 4. The van der Waals surface area contributed by atoms with Crippen molar-refractivity contribution in [1.29, 1.82) is 0 Å². The number of para-hydroxylation sites is 1. The van der Waals surface area contributed by atoms with Crippen LogP contribution < -0.4 is 10.1 Å². The van der Waals surface area contributed by atoms with E-state index in [0.29, 0.717) is 13.1 Å². The molecule has 4 rings (SSSR count). The molecule has 25 heavy (non-hydrogen) atoms. The number of piperidine rings is 1. The number of oxazole rings is 1. The van der Waals surface area contributed by atoms with Gasteiger partial charge in [0.1, 0.15) is 22.8 Å². The van der Waals surface area contributed by atoms with Gasteiger partial charge in [0.15, 0.2) is 6.39 Å². The van der Waals surface area contributed by atoms with Gasteiger partial charge in [-0.3, -0.25) is 0 Å². The van der Waals surface area contributed by atoms with E-state index in [1.165, 1.54) is 6.39 Å². The summed E-state index contributed by atoms with van der Waals surface area (Å²) in [4.78, 5) is 18.5. The van der Waals surface area contributed by atoms with Crippen LogP contribution in [0.2, 0.25) is 0 Å². The Morgan fingerprint density at radius 2 is 2.28 bits per heavy atom. The molecule has 0 saturated carbocycles. The van der Waals surface area contributed by atoms with Crippen LogP contribution in [0.15, 0.2) is 41.2 Å². The number of aromatic nitrogens is 1. The van der Waals surface area contributed by atoms with Crippen molar-refractivity contribution in [3.63, 3.8) is 0 Å². The normalized spacial score (nSPS) is 21.7.